The first-order valence-corrected chi connectivity index (χ1v) is 10.4. The molecule has 0 heterocycles. The van der Waals surface area contributed by atoms with Gasteiger partial charge in [-0.3, -0.25) is 10.1 Å². The number of non-ortho nitro benzene ring substituents is 1. The Morgan fingerprint density at radius 3 is 2.37 bits per heavy atom. The minimum absolute atomic E-state index is 0.0950. The molecule has 0 radical (unpaired) electrons. The maximum Gasteiger partial charge on any atom is 0.329 e. The van der Waals surface area contributed by atoms with E-state index in [4.69, 9.17) is 0 Å². The summed E-state index contributed by atoms with van der Waals surface area (Å²) in [4.78, 5) is 22.1. The van der Waals surface area contributed by atoms with Crippen molar-refractivity contribution < 1.29 is 18.1 Å². The van der Waals surface area contributed by atoms with Gasteiger partial charge in [-0.1, -0.05) is 19.3 Å². The number of amides is 2. The Morgan fingerprint density at radius 2 is 1.81 bits per heavy atom. The molecule has 150 valence electrons. The zero-order valence-electron chi connectivity index (χ0n) is 15.7. The van der Waals surface area contributed by atoms with E-state index in [1.54, 1.807) is 20.8 Å². The van der Waals surface area contributed by atoms with E-state index in [2.05, 4.69) is 10.6 Å². The molecule has 0 spiro atoms. The summed E-state index contributed by atoms with van der Waals surface area (Å²) in [7, 11) is -4.30. The number of nitro benzene ring substituents is 1. The number of carbonyl (C=O) groups is 1. The molecule has 1 fully saturated rings. The van der Waals surface area contributed by atoms with Crippen LogP contribution < -0.4 is 15.4 Å². The van der Waals surface area contributed by atoms with Gasteiger partial charge in [0.1, 0.15) is 4.90 Å². The lowest BCUT2D eigenvalue weighted by atomic mass is 9.95. The van der Waals surface area contributed by atoms with E-state index in [0.29, 0.717) is 0 Å². The van der Waals surface area contributed by atoms with Crippen molar-refractivity contribution in [1.29, 1.82) is 0 Å². The summed E-state index contributed by atoms with van der Waals surface area (Å²) in [5.74, 6) is 0. The highest BCUT2D eigenvalue weighted by Gasteiger charge is 2.27. The molecule has 0 unspecified atom stereocenters. The molecule has 1 saturated carbocycles. The van der Waals surface area contributed by atoms with Crippen LogP contribution in [0.15, 0.2) is 23.1 Å². The third-order valence-corrected chi connectivity index (χ3v) is 5.52. The summed E-state index contributed by atoms with van der Waals surface area (Å²) >= 11 is 0. The highest BCUT2D eigenvalue weighted by Crippen LogP contribution is 2.29. The van der Waals surface area contributed by atoms with E-state index in [0.717, 1.165) is 38.2 Å². The van der Waals surface area contributed by atoms with Crippen molar-refractivity contribution in [3.63, 3.8) is 0 Å². The molecule has 0 bridgehead atoms. The van der Waals surface area contributed by atoms with Crippen LogP contribution in [-0.2, 0) is 10.0 Å². The monoisotopic (exact) mass is 398 g/mol. The Kier molecular flexibility index (Phi) is 6.30. The number of rotatable bonds is 5. The molecular formula is C17H26N4O5S. The van der Waals surface area contributed by atoms with Gasteiger partial charge in [0, 0.05) is 23.7 Å². The van der Waals surface area contributed by atoms with Gasteiger partial charge in [0.15, 0.2) is 0 Å². The van der Waals surface area contributed by atoms with Gasteiger partial charge in [0.2, 0.25) is 0 Å². The van der Waals surface area contributed by atoms with Gasteiger partial charge in [0.25, 0.3) is 15.7 Å². The van der Waals surface area contributed by atoms with Crippen LogP contribution in [0.2, 0.25) is 0 Å². The normalized spacial score (nSPS) is 15.8. The molecule has 0 aromatic heterocycles. The Balaban J connectivity index is 2.33. The van der Waals surface area contributed by atoms with Crippen molar-refractivity contribution >= 4 is 27.4 Å². The summed E-state index contributed by atoms with van der Waals surface area (Å²) in [6, 6.07) is 2.80. The van der Waals surface area contributed by atoms with Crippen LogP contribution in [0.3, 0.4) is 0 Å². The second-order valence-electron chi connectivity index (χ2n) is 7.73. The lowest BCUT2D eigenvalue weighted by Gasteiger charge is -2.25. The Bertz CT molecular complexity index is 811. The molecule has 2 rings (SSSR count). The van der Waals surface area contributed by atoms with Crippen molar-refractivity contribution in [3.8, 4) is 0 Å². The van der Waals surface area contributed by atoms with Crippen molar-refractivity contribution in [1.82, 2.24) is 10.0 Å². The number of sulfonamides is 1. The Hall–Kier alpha value is -2.36. The van der Waals surface area contributed by atoms with Gasteiger partial charge in [-0.05, 0) is 39.7 Å². The maximum absolute atomic E-state index is 12.7. The zero-order chi connectivity index (χ0) is 20.2. The van der Waals surface area contributed by atoms with E-state index < -0.39 is 26.5 Å². The predicted octanol–water partition coefficient (Wildman–Crippen LogP) is 3.13. The number of benzene rings is 1. The molecular weight excluding hydrogens is 372 g/mol. The lowest BCUT2D eigenvalue weighted by molar-refractivity contribution is -0.385. The van der Waals surface area contributed by atoms with Gasteiger partial charge >= 0.3 is 6.03 Å². The number of carbonyl (C=O) groups excluding carboxylic acids is 1. The highest BCUT2D eigenvalue weighted by atomic mass is 32.2. The number of hydrogen-bond acceptors (Lipinski definition) is 6. The smallest absolute Gasteiger partial charge is 0.329 e. The molecule has 1 aromatic rings. The zero-order valence-corrected chi connectivity index (χ0v) is 16.6. The van der Waals surface area contributed by atoms with Crippen molar-refractivity contribution in [2.45, 2.75) is 69.4 Å². The van der Waals surface area contributed by atoms with Crippen LogP contribution in [-0.4, -0.2) is 31.0 Å². The van der Waals surface area contributed by atoms with Crippen LogP contribution >= 0.6 is 0 Å². The van der Waals surface area contributed by atoms with Gasteiger partial charge < -0.3 is 10.6 Å². The maximum atomic E-state index is 12.7. The summed E-state index contributed by atoms with van der Waals surface area (Å²) in [6.07, 6.45) is 5.01. The average Bonchev–Trinajstić information content (AvgIpc) is 2.53. The summed E-state index contributed by atoms with van der Waals surface area (Å²) in [5, 5.41) is 16.8. The standard InChI is InChI=1S/C17H26N4O5S/c1-17(2,3)19-16(22)20-27(25,26)15-11-13(21(23)24)9-10-14(15)18-12-7-5-4-6-8-12/h9-12,18H,4-8H2,1-3H3,(H2,19,20,22). The van der Waals surface area contributed by atoms with E-state index in [1.807, 2.05) is 4.72 Å². The van der Waals surface area contributed by atoms with Crippen LogP contribution in [0.25, 0.3) is 0 Å². The summed E-state index contributed by atoms with van der Waals surface area (Å²) in [6.45, 7) is 5.13. The fraction of sp³-hybridized carbons (Fsp3) is 0.588. The quantitative estimate of drug-likeness (QED) is 0.516. The van der Waals surface area contributed by atoms with Crippen molar-refractivity contribution in [3.05, 3.63) is 28.3 Å². The topological polar surface area (TPSA) is 130 Å². The number of nitro groups is 1. The van der Waals surface area contributed by atoms with Gasteiger partial charge in [0.05, 0.1) is 10.6 Å². The van der Waals surface area contributed by atoms with Crippen LogP contribution in [0, 0.1) is 10.1 Å². The SMILES string of the molecule is CC(C)(C)NC(=O)NS(=O)(=O)c1cc([N+](=O)[O-])ccc1NC1CCCCC1. The Labute approximate surface area is 159 Å². The largest absolute Gasteiger partial charge is 0.381 e. The molecule has 0 atom stereocenters. The number of nitrogens with zero attached hydrogens (tertiary/aromatic N) is 1. The molecule has 0 aliphatic heterocycles. The van der Waals surface area contributed by atoms with E-state index in [-0.39, 0.29) is 22.3 Å². The minimum Gasteiger partial charge on any atom is -0.381 e. The molecule has 3 N–H and O–H groups in total. The van der Waals surface area contributed by atoms with Crippen LogP contribution in [0.5, 0.6) is 0 Å². The van der Waals surface area contributed by atoms with Gasteiger partial charge in [-0.2, -0.15) is 0 Å². The molecule has 1 aliphatic rings. The Morgan fingerprint density at radius 1 is 1.19 bits per heavy atom. The lowest BCUT2D eigenvalue weighted by Crippen LogP contribution is -2.48. The van der Waals surface area contributed by atoms with E-state index >= 15 is 0 Å². The van der Waals surface area contributed by atoms with Crippen molar-refractivity contribution in [2.75, 3.05) is 5.32 Å². The summed E-state index contributed by atoms with van der Waals surface area (Å²) in [5.41, 5.74) is -0.741. The van der Waals surface area contributed by atoms with E-state index in [9.17, 15) is 23.3 Å². The molecule has 0 saturated heterocycles. The molecule has 2 amide bonds. The summed E-state index contributed by atoms with van der Waals surface area (Å²) < 4.78 is 27.4. The number of nitrogens with one attached hydrogen (secondary N) is 3. The average molecular weight is 398 g/mol. The first-order chi connectivity index (χ1) is 12.5. The number of hydrogen-bond donors (Lipinski definition) is 3. The second kappa shape index (κ2) is 8.12. The van der Waals surface area contributed by atoms with Gasteiger partial charge in [-0.25, -0.2) is 17.9 Å². The molecule has 27 heavy (non-hydrogen) atoms. The van der Waals surface area contributed by atoms with Crippen LogP contribution in [0.4, 0.5) is 16.2 Å². The van der Waals surface area contributed by atoms with Crippen LogP contribution in [0.1, 0.15) is 52.9 Å². The van der Waals surface area contributed by atoms with Gasteiger partial charge in [-0.15, -0.1) is 0 Å². The predicted molar refractivity (Wildman–Crippen MR) is 102 cm³/mol. The number of urea groups is 1. The molecule has 10 heteroatoms. The fourth-order valence-electron chi connectivity index (χ4n) is 2.98. The molecule has 9 nitrogen and oxygen atoms in total. The first-order valence-electron chi connectivity index (χ1n) is 8.88. The third kappa shape index (κ3) is 6.09. The highest BCUT2D eigenvalue weighted by molar-refractivity contribution is 7.90. The third-order valence-electron chi connectivity index (χ3n) is 4.15. The minimum atomic E-state index is -4.30. The fourth-order valence-corrected chi connectivity index (χ4v) is 4.07. The number of anilines is 1. The second-order valence-corrected chi connectivity index (χ2v) is 9.38. The van der Waals surface area contributed by atoms with Crippen molar-refractivity contribution in [2.24, 2.45) is 0 Å². The van der Waals surface area contributed by atoms with E-state index in [1.165, 1.54) is 12.1 Å². The first kappa shape index (κ1) is 20.9. The molecule has 1 aromatic carbocycles. The molecule has 1 aliphatic carbocycles.